The molecular weight excluding hydrogens is 276 g/mol. The van der Waals surface area contributed by atoms with Gasteiger partial charge in [-0.25, -0.2) is 0 Å². The molecule has 23 heavy (non-hydrogen) atoms. The molecule has 0 heteroatoms. The third-order valence-corrected chi connectivity index (χ3v) is 5.52. The minimum absolute atomic E-state index is 0.777. The molecule has 0 nitrogen and oxygen atoms in total. The normalized spacial score (nSPS) is 21.3. The second-order valence-electron chi connectivity index (χ2n) is 7.16. The second-order valence-corrected chi connectivity index (χ2v) is 7.16. The molecule has 0 heterocycles. The zero-order chi connectivity index (χ0) is 15.9. The summed E-state index contributed by atoms with van der Waals surface area (Å²) in [5.74, 6) is 1.56. The van der Waals surface area contributed by atoms with E-state index in [9.17, 15) is 0 Å². The lowest BCUT2D eigenvalue weighted by atomic mass is 9.76. The van der Waals surface area contributed by atoms with Crippen LogP contribution in [0.2, 0.25) is 0 Å². The molecule has 0 aliphatic heterocycles. The van der Waals surface area contributed by atoms with Crippen molar-refractivity contribution in [3.63, 3.8) is 0 Å². The molecule has 0 N–H and O–H groups in total. The maximum Gasteiger partial charge on any atom is -0.0162 e. The smallest absolute Gasteiger partial charge is 0.0162 e. The maximum atomic E-state index is 2.40. The molecule has 0 unspecified atom stereocenters. The van der Waals surface area contributed by atoms with Crippen molar-refractivity contribution in [2.75, 3.05) is 0 Å². The lowest BCUT2D eigenvalue weighted by molar-refractivity contribution is 0.396. The van der Waals surface area contributed by atoms with Crippen LogP contribution in [0.3, 0.4) is 0 Å². The summed E-state index contributed by atoms with van der Waals surface area (Å²) in [6, 6.07) is 20.6. The lowest BCUT2D eigenvalue weighted by Gasteiger charge is -2.29. The lowest BCUT2D eigenvalue weighted by Crippen LogP contribution is -2.12. The van der Waals surface area contributed by atoms with E-state index in [1.165, 1.54) is 62.5 Å². The van der Waals surface area contributed by atoms with Gasteiger partial charge in [0, 0.05) is 0 Å². The summed E-state index contributed by atoms with van der Waals surface area (Å²) in [5.41, 5.74) is 4.62. The van der Waals surface area contributed by atoms with Crippen molar-refractivity contribution in [3.05, 3.63) is 71.3 Å². The molecule has 0 saturated heterocycles. The quantitative estimate of drug-likeness (QED) is 0.511. The Bertz CT molecular complexity index is 559. The fraction of sp³-hybridized carbons (Fsp3) is 0.478. The molecular formula is C23H30. The summed E-state index contributed by atoms with van der Waals surface area (Å²) in [5, 5.41) is 0. The van der Waals surface area contributed by atoms with Gasteiger partial charge in [-0.05, 0) is 67.1 Å². The van der Waals surface area contributed by atoms with Crippen molar-refractivity contribution in [2.45, 2.75) is 70.1 Å². The van der Waals surface area contributed by atoms with Gasteiger partial charge in [-0.1, -0.05) is 74.4 Å². The van der Waals surface area contributed by atoms with Crippen LogP contribution in [0.5, 0.6) is 0 Å². The molecule has 1 fully saturated rings. The summed E-state index contributed by atoms with van der Waals surface area (Å²) in [6.45, 7) is 2.27. The first-order valence-electron chi connectivity index (χ1n) is 9.50. The Morgan fingerprint density at radius 3 is 1.83 bits per heavy atom. The molecule has 0 bridgehead atoms. The standard InChI is InChI=1S/C23H30/c1-2-3-5-8-19-11-13-21(14-12-19)23-17-15-22(16-18-23)20-9-6-4-7-10-20/h4,6-7,9-14,22-23H,2-3,5,8,15-18H2,1H3/t22-,23-. The molecule has 2 aromatic rings. The Morgan fingerprint density at radius 1 is 0.696 bits per heavy atom. The predicted molar refractivity (Wildman–Crippen MR) is 100 cm³/mol. The molecule has 122 valence electrons. The number of rotatable bonds is 6. The Morgan fingerprint density at radius 2 is 1.26 bits per heavy atom. The second kappa shape index (κ2) is 8.34. The van der Waals surface area contributed by atoms with Crippen LogP contribution in [0.25, 0.3) is 0 Å². The van der Waals surface area contributed by atoms with Gasteiger partial charge in [0.25, 0.3) is 0 Å². The van der Waals surface area contributed by atoms with Gasteiger partial charge in [0.2, 0.25) is 0 Å². The molecule has 2 aromatic carbocycles. The van der Waals surface area contributed by atoms with Gasteiger partial charge < -0.3 is 0 Å². The fourth-order valence-corrected chi connectivity index (χ4v) is 4.02. The van der Waals surface area contributed by atoms with Crippen LogP contribution >= 0.6 is 0 Å². The summed E-state index contributed by atoms with van der Waals surface area (Å²) in [7, 11) is 0. The summed E-state index contributed by atoms with van der Waals surface area (Å²) < 4.78 is 0. The number of unbranched alkanes of at least 4 members (excludes halogenated alkanes) is 2. The monoisotopic (exact) mass is 306 g/mol. The first kappa shape index (κ1) is 16.3. The highest BCUT2D eigenvalue weighted by Crippen LogP contribution is 2.40. The summed E-state index contributed by atoms with van der Waals surface area (Å²) >= 11 is 0. The molecule has 0 radical (unpaired) electrons. The van der Waals surface area contributed by atoms with Crippen LogP contribution in [0.4, 0.5) is 0 Å². The van der Waals surface area contributed by atoms with E-state index in [4.69, 9.17) is 0 Å². The Kier molecular flexibility index (Phi) is 5.91. The molecule has 0 spiro atoms. The van der Waals surface area contributed by atoms with E-state index in [1.54, 1.807) is 5.56 Å². The number of hydrogen-bond acceptors (Lipinski definition) is 0. The van der Waals surface area contributed by atoms with Crippen molar-refractivity contribution < 1.29 is 0 Å². The van der Waals surface area contributed by atoms with Gasteiger partial charge in [-0.15, -0.1) is 0 Å². The molecule has 0 amide bonds. The molecule has 3 rings (SSSR count). The highest BCUT2D eigenvalue weighted by molar-refractivity contribution is 5.27. The third kappa shape index (κ3) is 4.47. The van der Waals surface area contributed by atoms with Crippen LogP contribution < -0.4 is 0 Å². The van der Waals surface area contributed by atoms with Crippen LogP contribution in [0, 0.1) is 0 Å². The van der Waals surface area contributed by atoms with E-state index in [2.05, 4.69) is 61.5 Å². The van der Waals surface area contributed by atoms with Gasteiger partial charge in [0.05, 0.1) is 0 Å². The average molecular weight is 306 g/mol. The molecule has 1 saturated carbocycles. The van der Waals surface area contributed by atoms with Crippen molar-refractivity contribution >= 4 is 0 Å². The SMILES string of the molecule is CCCCCc1ccc([C@H]2CC[C@H](c3ccccc3)CC2)cc1. The highest BCUT2D eigenvalue weighted by Gasteiger charge is 2.23. The third-order valence-electron chi connectivity index (χ3n) is 5.52. The predicted octanol–water partition coefficient (Wildman–Crippen LogP) is 6.86. The number of hydrogen-bond donors (Lipinski definition) is 0. The van der Waals surface area contributed by atoms with Crippen LogP contribution in [0.15, 0.2) is 54.6 Å². The van der Waals surface area contributed by atoms with Crippen molar-refractivity contribution in [3.8, 4) is 0 Å². The number of aryl methyl sites for hydroxylation is 1. The number of benzene rings is 2. The zero-order valence-corrected chi connectivity index (χ0v) is 14.5. The molecule has 1 aliphatic carbocycles. The first-order valence-corrected chi connectivity index (χ1v) is 9.50. The van der Waals surface area contributed by atoms with E-state index < -0.39 is 0 Å². The van der Waals surface area contributed by atoms with Gasteiger partial charge in [-0.3, -0.25) is 0 Å². The minimum Gasteiger partial charge on any atom is -0.0654 e. The first-order chi connectivity index (χ1) is 11.4. The van der Waals surface area contributed by atoms with E-state index >= 15 is 0 Å². The Labute approximate surface area is 141 Å². The van der Waals surface area contributed by atoms with Gasteiger partial charge in [0.1, 0.15) is 0 Å². The molecule has 0 atom stereocenters. The average Bonchev–Trinajstić information content (AvgIpc) is 2.63. The van der Waals surface area contributed by atoms with Gasteiger partial charge in [0.15, 0.2) is 0 Å². The largest absolute Gasteiger partial charge is 0.0654 e. The Hall–Kier alpha value is -1.56. The van der Waals surface area contributed by atoms with Gasteiger partial charge in [-0.2, -0.15) is 0 Å². The van der Waals surface area contributed by atoms with Gasteiger partial charge >= 0.3 is 0 Å². The van der Waals surface area contributed by atoms with E-state index in [1.807, 2.05) is 0 Å². The minimum atomic E-state index is 0.777. The Balaban J connectivity index is 1.53. The van der Waals surface area contributed by atoms with Crippen molar-refractivity contribution in [1.29, 1.82) is 0 Å². The van der Waals surface area contributed by atoms with Crippen LogP contribution in [-0.2, 0) is 6.42 Å². The van der Waals surface area contributed by atoms with E-state index in [0.717, 1.165) is 11.8 Å². The summed E-state index contributed by atoms with van der Waals surface area (Å²) in [4.78, 5) is 0. The zero-order valence-electron chi connectivity index (χ0n) is 14.5. The topological polar surface area (TPSA) is 0 Å². The maximum absolute atomic E-state index is 2.40. The van der Waals surface area contributed by atoms with Crippen molar-refractivity contribution in [1.82, 2.24) is 0 Å². The van der Waals surface area contributed by atoms with E-state index in [-0.39, 0.29) is 0 Å². The van der Waals surface area contributed by atoms with Crippen LogP contribution in [0.1, 0.15) is 80.4 Å². The van der Waals surface area contributed by atoms with Crippen LogP contribution in [-0.4, -0.2) is 0 Å². The van der Waals surface area contributed by atoms with Crippen molar-refractivity contribution in [2.24, 2.45) is 0 Å². The molecule has 1 aliphatic rings. The summed E-state index contributed by atoms with van der Waals surface area (Å²) in [6.07, 6.45) is 10.6. The van der Waals surface area contributed by atoms with E-state index in [0.29, 0.717) is 0 Å². The molecule has 0 aromatic heterocycles. The fourth-order valence-electron chi connectivity index (χ4n) is 4.02. The highest BCUT2D eigenvalue weighted by atomic mass is 14.3.